The average Bonchev–Trinajstić information content (AvgIpc) is 2.49. The van der Waals surface area contributed by atoms with E-state index in [1.807, 2.05) is 24.3 Å². The standard InChI is InChI=1S/C10H9ClOS/c1-13-6-8-5-7-3-2-4-9(11)10(7)12-8/h2-5H,6H2,1H3. The molecule has 68 valence electrons. The maximum absolute atomic E-state index is 5.97. The van der Waals surface area contributed by atoms with E-state index in [0.29, 0.717) is 5.02 Å². The quantitative estimate of drug-likeness (QED) is 0.748. The van der Waals surface area contributed by atoms with Gasteiger partial charge in [-0.25, -0.2) is 0 Å². The summed E-state index contributed by atoms with van der Waals surface area (Å²) in [4.78, 5) is 0. The van der Waals surface area contributed by atoms with E-state index in [1.165, 1.54) is 0 Å². The highest BCUT2D eigenvalue weighted by Crippen LogP contribution is 2.27. The molecule has 2 rings (SSSR count). The first-order valence-corrected chi connectivity index (χ1v) is 5.74. The molecule has 1 nitrogen and oxygen atoms in total. The van der Waals surface area contributed by atoms with Gasteiger partial charge in [0.15, 0.2) is 5.58 Å². The molecule has 0 saturated heterocycles. The second-order valence-electron chi connectivity index (χ2n) is 2.80. The Morgan fingerprint density at radius 1 is 1.46 bits per heavy atom. The van der Waals surface area contributed by atoms with Crippen molar-refractivity contribution in [2.45, 2.75) is 5.75 Å². The zero-order valence-corrected chi connectivity index (χ0v) is 8.78. The van der Waals surface area contributed by atoms with Gasteiger partial charge in [0.1, 0.15) is 5.76 Å². The van der Waals surface area contributed by atoms with E-state index >= 15 is 0 Å². The molecule has 2 aromatic rings. The summed E-state index contributed by atoms with van der Waals surface area (Å²) >= 11 is 7.71. The van der Waals surface area contributed by atoms with E-state index in [2.05, 4.69) is 6.26 Å². The molecule has 0 N–H and O–H groups in total. The third kappa shape index (κ3) is 1.69. The summed E-state index contributed by atoms with van der Waals surface area (Å²) in [5.74, 6) is 1.88. The zero-order valence-electron chi connectivity index (χ0n) is 7.21. The minimum absolute atomic E-state index is 0.685. The molecule has 0 unspecified atom stereocenters. The highest BCUT2D eigenvalue weighted by molar-refractivity contribution is 7.97. The Kier molecular flexibility index (Phi) is 2.51. The Labute approximate surface area is 86.1 Å². The van der Waals surface area contributed by atoms with Gasteiger partial charge in [-0.1, -0.05) is 23.7 Å². The van der Waals surface area contributed by atoms with Crippen molar-refractivity contribution in [1.82, 2.24) is 0 Å². The van der Waals surface area contributed by atoms with Gasteiger partial charge in [0.05, 0.1) is 10.8 Å². The molecule has 0 radical (unpaired) electrons. The van der Waals surface area contributed by atoms with E-state index in [4.69, 9.17) is 16.0 Å². The smallest absolute Gasteiger partial charge is 0.152 e. The second kappa shape index (κ2) is 3.64. The van der Waals surface area contributed by atoms with Crippen LogP contribution in [0.3, 0.4) is 0 Å². The van der Waals surface area contributed by atoms with Crippen LogP contribution in [0.1, 0.15) is 5.76 Å². The molecular weight excluding hydrogens is 204 g/mol. The van der Waals surface area contributed by atoms with Crippen molar-refractivity contribution in [3.05, 3.63) is 35.0 Å². The Hall–Kier alpha value is -0.600. The van der Waals surface area contributed by atoms with E-state index in [0.717, 1.165) is 22.5 Å². The summed E-state index contributed by atoms with van der Waals surface area (Å²) in [5.41, 5.74) is 0.799. The van der Waals surface area contributed by atoms with Crippen LogP contribution in [0.2, 0.25) is 5.02 Å². The average molecular weight is 213 g/mol. The molecule has 1 heterocycles. The number of thioether (sulfide) groups is 1. The first-order valence-electron chi connectivity index (χ1n) is 3.97. The minimum Gasteiger partial charge on any atom is -0.459 e. The third-order valence-corrected chi connectivity index (χ3v) is 2.70. The van der Waals surface area contributed by atoms with Gasteiger partial charge in [0.25, 0.3) is 0 Å². The Morgan fingerprint density at radius 2 is 2.31 bits per heavy atom. The number of furan rings is 1. The van der Waals surface area contributed by atoms with Gasteiger partial charge in [-0.15, -0.1) is 0 Å². The molecule has 1 aromatic carbocycles. The van der Waals surface area contributed by atoms with Crippen molar-refractivity contribution in [2.75, 3.05) is 6.26 Å². The molecule has 0 atom stereocenters. The van der Waals surface area contributed by atoms with Crippen LogP contribution in [-0.4, -0.2) is 6.26 Å². The van der Waals surface area contributed by atoms with Gasteiger partial charge in [-0.05, 0) is 18.4 Å². The third-order valence-electron chi connectivity index (χ3n) is 1.83. The van der Waals surface area contributed by atoms with Crippen LogP contribution in [0.5, 0.6) is 0 Å². The van der Waals surface area contributed by atoms with Gasteiger partial charge >= 0.3 is 0 Å². The molecule has 0 spiro atoms. The van der Waals surface area contributed by atoms with Crippen LogP contribution in [0, 0.1) is 0 Å². The monoisotopic (exact) mass is 212 g/mol. The van der Waals surface area contributed by atoms with Crippen molar-refractivity contribution >= 4 is 34.3 Å². The van der Waals surface area contributed by atoms with Crippen molar-refractivity contribution in [1.29, 1.82) is 0 Å². The molecule has 13 heavy (non-hydrogen) atoms. The number of hydrogen-bond acceptors (Lipinski definition) is 2. The lowest BCUT2D eigenvalue weighted by atomic mass is 10.2. The molecule has 0 amide bonds. The summed E-state index contributed by atoms with van der Waals surface area (Å²) < 4.78 is 5.59. The van der Waals surface area contributed by atoms with E-state index < -0.39 is 0 Å². The normalized spacial score (nSPS) is 10.9. The Bertz CT molecular complexity index is 422. The Balaban J connectivity index is 2.55. The van der Waals surface area contributed by atoms with Crippen molar-refractivity contribution < 1.29 is 4.42 Å². The van der Waals surface area contributed by atoms with Crippen molar-refractivity contribution in [3.63, 3.8) is 0 Å². The molecule has 0 fully saturated rings. The maximum atomic E-state index is 5.97. The van der Waals surface area contributed by atoms with E-state index in [1.54, 1.807) is 11.8 Å². The van der Waals surface area contributed by atoms with E-state index in [9.17, 15) is 0 Å². The largest absolute Gasteiger partial charge is 0.459 e. The maximum Gasteiger partial charge on any atom is 0.152 e. The fraction of sp³-hybridized carbons (Fsp3) is 0.200. The lowest BCUT2D eigenvalue weighted by Gasteiger charge is -1.90. The predicted molar refractivity (Wildman–Crippen MR) is 58.4 cm³/mol. The molecule has 1 aromatic heterocycles. The molecule has 3 heteroatoms. The van der Waals surface area contributed by atoms with Crippen LogP contribution in [-0.2, 0) is 5.75 Å². The van der Waals surface area contributed by atoms with Crippen LogP contribution in [0.4, 0.5) is 0 Å². The molecule has 0 aliphatic heterocycles. The van der Waals surface area contributed by atoms with E-state index in [-0.39, 0.29) is 0 Å². The molecular formula is C10H9ClOS. The van der Waals surface area contributed by atoms with Gasteiger partial charge in [0, 0.05) is 5.39 Å². The summed E-state index contributed by atoms with van der Waals surface area (Å²) in [5, 5.41) is 1.77. The van der Waals surface area contributed by atoms with Crippen molar-refractivity contribution in [3.8, 4) is 0 Å². The summed E-state index contributed by atoms with van der Waals surface area (Å²) in [7, 11) is 0. The number of rotatable bonds is 2. The number of hydrogen-bond donors (Lipinski definition) is 0. The second-order valence-corrected chi connectivity index (χ2v) is 4.08. The summed E-state index contributed by atoms with van der Waals surface area (Å²) in [6.07, 6.45) is 2.05. The lowest BCUT2D eigenvalue weighted by Crippen LogP contribution is -1.69. The number of para-hydroxylation sites is 1. The summed E-state index contributed by atoms with van der Waals surface area (Å²) in [6.45, 7) is 0. The topological polar surface area (TPSA) is 13.1 Å². The fourth-order valence-electron chi connectivity index (χ4n) is 1.29. The van der Waals surface area contributed by atoms with Gasteiger partial charge in [-0.2, -0.15) is 11.8 Å². The van der Waals surface area contributed by atoms with Crippen LogP contribution in [0.25, 0.3) is 11.0 Å². The predicted octanol–water partition coefficient (Wildman–Crippen LogP) is 3.95. The van der Waals surface area contributed by atoms with Crippen LogP contribution < -0.4 is 0 Å². The first kappa shape index (κ1) is 8.97. The van der Waals surface area contributed by atoms with Crippen LogP contribution >= 0.6 is 23.4 Å². The highest BCUT2D eigenvalue weighted by atomic mass is 35.5. The molecule has 0 aliphatic rings. The van der Waals surface area contributed by atoms with Gasteiger partial charge in [-0.3, -0.25) is 0 Å². The van der Waals surface area contributed by atoms with Crippen LogP contribution in [0.15, 0.2) is 28.7 Å². The molecule has 0 aliphatic carbocycles. The zero-order chi connectivity index (χ0) is 9.26. The van der Waals surface area contributed by atoms with Crippen molar-refractivity contribution in [2.24, 2.45) is 0 Å². The first-order chi connectivity index (χ1) is 6.31. The lowest BCUT2D eigenvalue weighted by molar-refractivity contribution is 0.574. The van der Waals surface area contributed by atoms with Gasteiger partial charge < -0.3 is 4.42 Å². The molecule has 0 saturated carbocycles. The number of benzene rings is 1. The summed E-state index contributed by atoms with van der Waals surface area (Å²) in [6, 6.07) is 7.82. The highest BCUT2D eigenvalue weighted by Gasteiger charge is 2.05. The number of fused-ring (bicyclic) bond motifs is 1. The minimum atomic E-state index is 0.685. The Morgan fingerprint density at radius 3 is 3.00 bits per heavy atom. The SMILES string of the molecule is CSCc1cc2cccc(Cl)c2o1. The number of halogens is 1. The van der Waals surface area contributed by atoms with Gasteiger partial charge in [0.2, 0.25) is 0 Å². The molecule has 0 bridgehead atoms. The fourth-order valence-corrected chi connectivity index (χ4v) is 1.94.